The Morgan fingerprint density at radius 2 is 1.86 bits per heavy atom. The molecule has 1 aromatic rings. The highest BCUT2D eigenvalue weighted by atomic mass is 127. The largest absolute Gasteiger partial charge is 0.453 e. The molecule has 8 heteroatoms. The molecule has 0 bridgehead atoms. The molecule has 0 aliphatic heterocycles. The molecule has 1 amide bonds. The number of anilines is 1. The molecule has 0 aromatic heterocycles. The molecule has 160 valence electrons. The van der Waals surface area contributed by atoms with Crippen LogP contribution in [0.15, 0.2) is 29.3 Å². The Kier molecular flexibility index (Phi) is 14.5. The number of carbonyl (C=O) groups excluding carboxylic acids is 1. The lowest BCUT2D eigenvalue weighted by atomic mass is 10.1. The van der Waals surface area contributed by atoms with Crippen LogP contribution in [0.3, 0.4) is 0 Å². The van der Waals surface area contributed by atoms with Gasteiger partial charge in [-0.2, -0.15) is 0 Å². The van der Waals surface area contributed by atoms with E-state index in [1.807, 2.05) is 24.3 Å². The summed E-state index contributed by atoms with van der Waals surface area (Å²) in [5.74, 6) is 0.794. The summed E-state index contributed by atoms with van der Waals surface area (Å²) in [4.78, 5) is 17.9. The van der Waals surface area contributed by atoms with Gasteiger partial charge < -0.3 is 20.3 Å². The van der Waals surface area contributed by atoms with Gasteiger partial charge in [-0.05, 0) is 57.1 Å². The van der Waals surface area contributed by atoms with E-state index in [-0.39, 0.29) is 24.0 Å². The number of guanidine groups is 1. The lowest BCUT2D eigenvalue weighted by Crippen LogP contribution is -2.42. The van der Waals surface area contributed by atoms with Crippen LogP contribution >= 0.6 is 24.0 Å². The number of amides is 1. The normalized spacial score (nSPS) is 12.1. The van der Waals surface area contributed by atoms with Gasteiger partial charge >= 0.3 is 6.09 Å². The molecule has 1 unspecified atom stereocenters. The standard InChI is InChI=1S/C20H35N5O2.HI/c1-6-25(7-2)14-8-9-16(3)23-19(21-4)22-15-17-10-12-18(13-11-17)24-20(26)27-5;/h10-13,16H,6-9,14-15H2,1-5H3,(H,24,26)(H2,21,22,23);1H. The van der Waals surface area contributed by atoms with E-state index in [9.17, 15) is 4.79 Å². The molecule has 1 rings (SSSR count). The summed E-state index contributed by atoms with van der Waals surface area (Å²) >= 11 is 0. The van der Waals surface area contributed by atoms with Crippen molar-refractivity contribution in [3.8, 4) is 0 Å². The zero-order valence-corrected chi connectivity index (χ0v) is 20.1. The third kappa shape index (κ3) is 10.7. The van der Waals surface area contributed by atoms with Gasteiger partial charge in [-0.15, -0.1) is 24.0 Å². The molecule has 0 fully saturated rings. The number of halogens is 1. The van der Waals surface area contributed by atoms with Crippen LogP contribution in [-0.4, -0.2) is 56.8 Å². The van der Waals surface area contributed by atoms with Crippen LogP contribution in [0.25, 0.3) is 0 Å². The van der Waals surface area contributed by atoms with Gasteiger partial charge in [-0.25, -0.2) is 4.79 Å². The van der Waals surface area contributed by atoms with Crippen molar-refractivity contribution in [2.24, 2.45) is 4.99 Å². The minimum Gasteiger partial charge on any atom is -0.453 e. The molecule has 1 atom stereocenters. The highest BCUT2D eigenvalue weighted by molar-refractivity contribution is 14.0. The number of methoxy groups -OCH3 is 1. The van der Waals surface area contributed by atoms with Crippen molar-refractivity contribution < 1.29 is 9.53 Å². The Labute approximate surface area is 186 Å². The maximum atomic E-state index is 11.2. The first kappa shape index (κ1) is 26.4. The van der Waals surface area contributed by atoms with Gasteiger partial charge in [0.1, 0.15) is 0 Å². The minimum atomic E-state index is -0.472. The summed E-state index contributed by atoms with van der Waals surface area (Å²) in [6.07, 6.45) is 1.80. The Hall–Kier alpha value is -1.55. The minimum absolute atomic E-state index is 0. The molecular weight excluding hydrogens is 469 g/mol. The van der Waals surface area contributed by atoms with Gasteiger partial charge in [0.2, 0.25) is 0 Å². The fourth-order valence-electron chi connectivity index (χ4n) is 2.72. The van der Waals surface area contributed by atoms with Gasteiger partial charge in [-0.1, -0.05) is 26.0 Å². The summed E-state index contributed by atoms with van der Waals surface area (Å²) in [5, 5.41) is 9.40. The fraction of sp³-hybridized carbons (Fsp3) is 0.600. The Balaban J connectivity index is 0.00000729. The average Bonchev–Trinajstić information content (AvgIpc) is 2.69. The van der Waals surface area contributed by atoms with E-state index in [4.69, 9.17) is 0 Å². The first-order valence-corrected chi connectivity index (χ1v) is 9.65. The predicted octanol–water partition coefficient (Wildman–Crippen LogP) is 3.66. The number of hydrogen-bond acceptors (Lipinski definition) is 4. The molecule has 0 saturated heterocycles. The molecule has 7 nitrogen and oxygen atoms in total. The smallest absolute Gasteiger partial charge is 0.411 e. The van der Waals surface area contributed by atoms with Crippen LogP contribution < -0.4 is 16.0 Å². The number of aliphatic imine (C=N–C) groups is 1. The van der Waals surface area contributed by atoms with Gasteiger partial charge in [0.15, 0.2) is 5.96 Å². The maximum absolute atomic E-state index is 11.2. The highest BCUT2D eigenvalue weighted by Crippen LogP contribution is 2.09. The number of benzene rings is 1. The summed E-state index contributed by atoms with van der Waals surface area (Å²) < 4.78 is 4.58. The summed E-state index contributed by atoms with van der Waals surface area (Å²) in [6.45, 7) is 10.6. The molecule has 28 heavy (non-hydrogen) atoms. The molecule has 0 radical (unpaired) electrons. The van der Waals surface area contributed by atoms with Gasteiger partial charge in [0, 0.05) is 25.3 Å². The Bertz CT molecular complexity index is 576. The zero-order valence-electron chi connectivity index (χ0n) is 17.7. The van der Waals surface area contributed by atoms with Gasteiger partial charge in [0.05, 0.1) is 7.11 Å². The molecule has 1 aromatic carbocycles. The van der Waals surface area contributed by atoms with Crippen LogP contribution in [-0.2, 0) is 11.3 Å². The zero-order chi connectivity index (χ0) is 20.1. The summed E-state index contributed by atoms with van der Waals surface area (Å²) in [6, 6.07) is 7.97. The van der Waals surface area contributed by atoms with E-state index in [1.54, 1.807) is 7.05 Å². The number of nitrogens with zero attached hydrogens (tertiary/aromatic N) is 2. The van der Waals surface area contributed by atoms with Gasteiger partial charge in [0.25, 0.3) is 0 Å². The van der Waals surface area contributed by atoms with Crippen molar-refractivity contribution in [1.82, 2.24) is 15.5 Å². The second-order valence-corrected chi connectivity index (χ2v) is 6.45. The third-order valence-electron chi connectivity index (χ3n) is 4.46. The molecular formula is C20H36IN5O2. The Morgan fingerprint density at radius 3 is 2.39 bits per heavy atom. The number of carbonyl (C=O) groups is 1. The maximum Gasteiger partial charge on any atom is 0.411 e. The second kappa shape index (κ2) is 15.4. The summed E-state index contributed by atoms with van der Waals surface area (Å²) in [7, 11) is 3.12. The topological polar surface area (TPSA) is 78.0 Å². The second-order valence-electron chi connectivity index (χ2n) is 6.45. The molecule has 3 N–H and O–H groups in total. The third-order valence-corrected chi connectivity index (χ3v) is 4.46. The van der Waals surface area contributed by atoms with Crippen LogP contribution in [0, 0.1) is 0 Å². The van der Waals surface area contributed by atoms with Crippen molar-refractivity contribution in [1.29, 1.82) is 0 Å². The molecule has 0 aliphatic carbocycles. The molecule has 0 heterocycles. The predicted molar refractivity (Wildman–Crippen MR) is 128 cm³/mol. The molecule has 0 saturated carbocycles. The lowest BCUT2D eigenvalue weighted by Gasteiger charge is -2.21. The monoisotopic (exact) mass is 505 g/mol. The van der Waals surface area contributed by atoms with Crippen LogP contribution in [0.4, 0.5) is 10.5 Å². The fourth-order valence-corrected chi connectivity index (χ4v) is 2.72. The highest BCUT2D eigenvalue weighted by Gasteiger charge is 2.07. The number of hydrogen-bond donors (Lipinski definition) is 3. The van der Waals surface area contributed by atoms with E-state index in [2.05, 4.69) is 51.4 Å². The molecule has 0 aliphatic rings. The van der Waals surface area contributed by atoms with E-state index in [0.29, 0.717) is 18.3 Å². The number of nitrogens with one attached hydrogen (secondary N) is 3. The van der Waals surface area contributed by atoms with E-state index in [0.717, 1.165) is 37.6 Å². The number of rotatable bonds is 10. The van der Waals surface area contributed by atoms with Crippen LogP contribution in [0.5, 0.6) is 0 Å². The summed E-state index contributed by atoms with van der Waals surface area (Å²) in [5.41, 5.74) is 1.80. The van der Waals surface area contributed by atoms with Crippen molar-refractivity contribution in [3.63, 3.8) is 0 Å². The van der Waals surface area contributed by atoms with Gasteiger partial charge in [-0.3, -0.25) is 10.3 Å². The van der Waals surface area contributed by atoms with Crippen molar-refractivity contribution in [3.05, 3.63) is 29.8 Å². The average molecular weight is 505 g/mol. The van der Waals surface area contributed by atoms with Crippen LogP contribution in [0.2, 0.25) is 0 Å². The van der Waals surface area contributed by atoms with Crippen molar-refractivity contribution >= 4 is 41.7 Å². The van der Waals surface area contributed by atoms with Crippen molar-refractivity contribution in [2.45, 2.75) is 46.2 Å². The SMILES string of the molecule is CCN(CC)CCCC(C)NC(=NC)NCc1ccc(NC(=O)OC)cc1.I. The number of ether oxygens (including phenoxy) is 1. The molecule has 0 spiro atoms. The first-order valence-electron chi connectivity index (χ1n) is 9.65. The van der Waals surface area contributed by atoms with Crippen LogP contribution in [0.1, 0.15) is 39.2 Å². The van der Waals surface area contributed by atoms with Crippen molar-refractivity contribution in [2.75, 3.05) is 39.1 Å². The van der Waals surface area contributed by atoms with E-state index >= 15 is 0 Å². The van der Waals surface area contributed by atoms with E-state index < -0.39 is 6.09 Å². The lowest BCUT2D eigenvalue weighted by molar-refractivity contribution is 0.187. The first-order chi connectivity index (χ1) is 13.0. The quantitative estimate of drug-likeness (QED) is 0.257. The Morgan fingerprint density at radius 1 is 1.21 bits per heavy atom. The van der Waals surface area contributed by atoms with E-state index in [1.165, 1.54) is 13.5 Å².